The summed E-state index contributed by atoms with van der Waals surface area (Å²) < 4.78 is 5.65. The van der Waals surface area contributed by atoms with Crippen molar-refractivity contribution in [1.82, 2.24) is 10.2 Å². The second kappa shape index (κ2) is 9.36. The molecule has 7 nitrogen and oxygen atoms in total. The predicted octanol–water partition coefficient (Wildman–Crippen LogP) is 4.55. The quantitative estimate of drug-likeness (QED) is 0.611. The minimum atomic E-state index is -1.15. The van der Waals surface area contributed by atoms with E-state index in [9.17, 15) is 19.5 Å². The SMILES string of the molecule is CCC[C@H](NC(=O)OCC1c2ccccc2-c2ccccc21)C(=O)N1CC2CCC1(C(=O)O)CC2. The summed E-state index contributed by atoms with van der Waals surface area (Å²) in [5, 5.41) is 12.7. The third-order valence-electron chi connectivity index (χ3n) is 8.07. The van der Waals surface area contributed by atoms with Crippen LogP contribution in [0.1, 0.15) is 62.5 Å². The van der Waals surface area contributed by atoms with Gasteiger partial charge in [0.25, 0.3) is 0 Å². The molecular formula is C28H32N2O5. The topological polar surface area (TPSA) is 95.9 Å². The number of ether oxygens (including phenoxy) is 1. The van der Waals surface area contributed by atoms with Crippen molar-refractivity contribution < 1.29 is 24.2 Å². The number of hydrogen-bond acceptors (Lipinski definition) is 4. The van der Waals surface area contributed by atoms with Gasteiger partial charge in [0.15, 0.2) is 0 Å². The molecule has 0 radical (unpaired) electrons. The number of alkyl carbamates (subject to hydrolysis) is 1. The van der Waals surface area contributed by atoms with Crippen molar-refractivity contribution in [3.8, 4) is 11.1 Å². The van der Waals surface area contributed by atoms with E-state index < -0.39 is 23.6 Å². The van der Waals surface area contributed by atoms with Gasteiger partial charge in [-0.1, -0.05) is 61.9 Å². The van der Waals surface area contributed by atoms with Crippen molar-refractivity contribution in [3.63, 3.8) is 0 Å². The van der Waals surface area contributed by atoms with E-state index in [1.165, 1.54) is 4.90 Å². The zero-order valence-corrected chi connectivity index (χ0v) is 20.0. The van der Waals surface area contributed by atoms with Crippen LogP contribution in [0.2, 0.25) is 0 Å². The van der Waals surface area contributed by atoms with E-state index >= 15 is 0 Å². The lowest BCUT2D eigenvalue weighted by Gasteiger charge is -2.52. The van der Waals surface area contributed by atoms with Gasteiger partial charge in [-0.25, -0.2) is 9.59 Å². The number of nitrogens with one attached hydrogen (secondary N) is 1. The number of benzene rings is 2. The fourth-order valence-corrected chi connectivity index (χ4v) is 6.19. The molecule has 2 aliphatic carbocycles. The molecule has 1 saturated carbocycles. The monoisotopic (exact) mass is 476 g/mol. The molecule has 2 saturated heterocycles. The van der Waals surface area contributed by atoms with Crippen LogP contribution in [-0.4, -0.2) is 52.7 Å². The number of aliphatic carboxylic acids is 1. The van der Waals surface area contributed by atoms with Gasteiger partial charge in [-0.05, 0) is 60.3 Å². The van der Waals surface area contributed by atoms with Crippen molar-refractivity contribution in [2.45, 2.75) is 62.9 Å². The molecule has 2 aromatic rings. The lowest BCUT2D eigenvalue weighted by Crippen LogP contribution is -2.67. The Morgan fingerprint density at radius 1 is 1.06 bits per heavy atom. The molecule has 1 atom stereocenters. The van der Waals surface area contributed by atoms with E-state index in [0.29, 0.717) is 38.1 Å². The van der Waals surface area contributed by atoms with Gasteiger partial charge in [0.1, 0.15) is 18.2 Å². The van der Waals surface area contributed by atoms with Crippen LogP contribution < -0.4 is 5.32 Å². The molecule has 4 aliphatic rings. The Hall–Kier alpha value is -3.35. The first kappa shape index (κ1) is 23.4. The Labute approximate surface area is 205 Å². The molecule has 2 N–H and O–H groups in total. The van der Waals surface area contributed by atoms with Gasteiger partial charge >= 0.3 is 12.1 Å². The zero-order chi connectivity index (χ0) is 24.6. The molecule has 2 aromatic carbocycles. The average molecular weight is 477 g/mol. The van der Waals surface area contributed by atoms with E-state index in [0.717, 1.165) is 35.1 Å². The highest BCUT2D eigenvalue weighted by Crippen LogP contribution is 2.45. The van der Waals surface area contributed by atoms with Crippen LogP contribution in [0.5, 0.6) is 0 Å². The number of amides is 2. The number of carbonyl (C=O) groups excluding carboxylic acids is 2. The number of carboxylic acid groups (broad SMARTS) is 1. The molecule has 2 bridgehead atoms. The number of nitrogens with zero attached hydrogens (tertiary/aromatic N) is 1. The van der Waals surface area contributed by atoms with Gasteiger partial charge in [-0.3, -0.25) is 4.79 Å². The van der Waals surface area contributed by atoms with Crippen molar-refractivity contribution >= 4 is 18.0 Å². The smallest absolute Gasteiger partial charge is 0.407 e. The molecule has 0 spiro atoms. The first-order valence-electron chi connectivity index (χ1n) is 12.6. The van der Waals surface area contributed by atoms with Crippen molar-refractivity contribution in [3.05, 3.63) is 59.7 Å². The summed E-state index contributed by atoms with van der Waals surface area (Å²) in [6.07, 6.45) is 3.07. The number of hydrogen-bond donors (Lipinski definition) is 2. The molecule has 7 heteroatoms. The number of carboxylic acids is 1. The Kier molecular flexibility index (Phi) is 6.26. The molecule has 6 rings (SSSR count). The van der Waals surface area contributed by atoms with Crippen molar-refractivity contribution in [2.75, 3.05) is 13.2 Å². The summed E-state index contributed by atoms with van der Waals surface area (Å²) in [6.45, 7) is 2.55. The summed E-state index contributed by atoms with van der Waals surface area (Å²) in [5.74, 6) is -0.994. The predicted molar refractivity (Wildman–Crippen MR) is 131 cm³/mol. The second-order valence-electron chi connectivity index (χ2n) is 10.0. The largest absolute Gasteiger partial charge is 0.479 e. The third kappa shape index (κ3) is 4.07. The summed E-state index contributed by atoms with van der Waals surface area (Å²) >= 11 is 0. The molecule has 35 heavy (non-hydrogen) atoms. The van der Waals surface area contributed by atoms with Gasteiger partial charge in [0.2, 0.25) is 5.91 Å². The maximum Gasteiger partial charge on any atom is 0.407 e. The summed E-state index contributed by atoms with van der Waals surface area (Å²) in [4.78, 5) is 40.1. The lowest BCUT2D eigenvalue weighted by atomic mass is 9.70. The standard InChI is InChI=1S/C28H32N2O5/c1-2-7-24(25(31)30-16-18-12-14-28(30,15-13-18)26(32)33)29-27(34)35-17-23-21-10-5-3-8-19(21)20-9-4-6-11-22(20)23/h3-6,8-11,18,23-24H,2,7,12-17H2,1H3,(H,29,34)(H,32,33)/t18?,24-,28?/m0/s1. The van der Waals surface area contributed by atoms with Gasteiger partial charge in [-0.2, -0.15) is 0 Å². The fraction of sp³-hybridized carbons (Fsp3) is 0.464. The van der Waals surface area contributed by atoms with Crippen LogP contribution in [0.3, 0.4) is 0 Å². The molecule has 2 aliphatic heterocycles. The lowest BCUT2D eigenvalue weighted by molar-refractivity contribution is -0.171. The maximum atomic E-state index is 13.5. The molecule has 2 amide bonds. The molecule has 3 fully saturated rings. The minimum Gasteiger partial charge on any atom is -0.479 e. The highest BCUT2D eigenvalue weighted by atomic mass is 16.5. The number of carbonyl (C=O) groups is 3. The Bertz CT molecular complexity index is 1090. The van der Waals surface area contributed by atoms with Gasteiger partial charge < -0.3 is 20.1 Å². The Morgan fingerprint density at radius 3 is 2.23 bits per heavy atom. The highest BCUT2D eigenvalue weighted by Gasteiger charge is 2.54. The maximum absolute atomic E-state index is 13.5. The fourth-order valence-electron chi connectivity index (χ4n) is 6.19. The van der Waals surface area contributed by atoms with E-state index in [-0.39, 0.29) is 18.4 Å². The van der Waals surface area contributed by atoms with Gasteiger partial charge in [0.05, 0.1) is 0 Å². The van der Waals surface area contributed by atoms with Crippen LogP contribution in [0.15, 0.2) is 48.5 Å². The van der Waals surface area contributed by atoms with E-state index in [1.807, 2.05) is 31.2 Å². The van der Waals surface area contributed by atoms with Crippen LogP contribution >= 0.6 is 0 Å². The molecule has 184 valence electrons. The van der Waals surface area contributed by atoms with Crippen LogP contribution in [0, 0.1) is 5.92 Å². The van der Waals surface area contributed by atoms with Crippen LogP contribution in [0.25, 0.3) is 11.1 Å². The number of fused-ring (bicyclic) bond motifs is 6. The molecular weight excluding hydrogens is 444 g/mol. The first-order chi connectivity index (χ1) is 16.9. The Balaban J connectivity index is 1.28. The van der Waals surface area contributed by atoms with E-state index in [2.05, 4.69) is 29.6 Å². The van der Waals surface area contributed by atoms with Crippen molar-refractivity contribution in [2.24, 2.45) is 5.92 Å². The van der Waals surface area contributed by atoms with E-state index in [4.69, 9.17) is 4.74 Å². The Morgan fingerprint density at radius 2 is 1.66 bits per heavy atom. The third-order valence-corrected chi connectivity index (χ3v) is 8.07. The summed E-state index contributed by atoms with van der Waals surface area (Å²) in [5.41, 5.74) is 3.39. The van der Waals surface area contributed by atoms with Gasteiger partial charge in [0, 0.05) is 12.5 Å². The molecule has 0 unspecified atom stereocenters. The van der Waals surface area contributed by atoms with Crippen molar-refractivity contribution in [1.29, 1.82) is 0 Å². The summed E-state index contributed by atoms with van der Waals surface area (Å²) in [7, 11) is 0. The van der Waals surface area contributed by atoms with E-state index in [1.54, 1.807) is 0 Å². The zero-order valence-electron chi connectivity index (χ0n) is 20.0. The van der Waals surface area contributed by atoms with Gasteiger partial charge in [-0.15, -0.1) is 0 Å². The van der Waals surface area contributed by atoms with Crippen LogP contribution in [-0.2, 0) is 14.3 Å². The highest BCUT2D eigenvalue weighted by molar-refractivity contribution is 5.92. The first-order valence-corrected chi connectivity index (χ1v) is 12.6. The average Bonchev–Trinajstić information content (AvgIpc) is 3.21. The molecule has 0 aromatic heterocycles. The number of rotatable bonds is 7. The number of piperidine rings is 2. The molecule has 2 heterocycles. The normalized spacial score (nSPS) is 23.3. The second-order valence-corrected chi connectivity index (χ2v) is 10.0. The summed E-state index contributed by atoms with van der Waals surface area (Å²) in [6, 6.07) is 15.4. The van der Waals surface area contributed by atoms with Crippen LogP contribution in [0.4, 0.5) is 4.79 Å². The minimum absolute atomic E-state index is 0.0680.